The summed E-state index contributed by atoms with van der Waals surface area (Å²) < 4.78 is 1.09. The highest BCUT2D eigenvalue weighted by molar-refractivity contribution is 9.10. The van der Waals surface area contributed by atoms with Crippen LogP contribution in [0.15, 0.2) is 41.0 Å². The maximum atomic E-state index is 5.53. The molecule has 0 spiro atoms. The van der Waals surface area contributed by atoms with Gasteiger partial charge in [0, 0.05) is 30.7 Å². The van der Waals surface area contributed by atoms with Crippen molar-refractivity contribution >= 4 is 21.7 Å². The highest BCUT2D eigenvalue weighted by Gasteiger charge is 2.05. The molecule has 0 amide bonds. The molecule has 100 valence electrons. The number of aromatic nitrogens is 2. The molecule has 1 aromatic carbocycles. The first-order chi connectivity index (χ1) is 9.19. The molecule has 2 N–H and O–H groups in total. The Bertz CT molecular complexity index is 544. The predicted octanol–water partition coefficient (Wildman–Crippen LogP) is 2.38. The third-order valence-electron chi connectivity index (χ3n) is 2.76. The van der Waals surface area contributed by atoms with Crippen molar-refractivity contribution in [2.75, 3.05) is 18.5 Å². The average Bonchev–Trinajstić information content (AvgIpc) is 2.39. The Hall–Kier alpha value is -1.46. The molecule has 0 unspecified atom stereocenters. The number of nitrogens with zero attached hydrogens (tertiary/aromatic N) is 3. The van der Waals surface area contributed by atoms with Gasteiger partial charge in [0.15, 0.2) is 0 Å². The minimum absolute atomic E-state index is 0.568. The summed E-state index contributed by atoms with van der Waals surface area (Å²) in [6, 6.07) is 10.2. The number of nitrogens with two attached hydrogens (primary N) is 1. The van der Waals surface area contributed by atoms with Gasteiger partial charge in [0.25, 0.3) is 0 Å². The van der Waals surface area contributed by atoms with Gasteiger partial charge in [-0.15, -0.1) is 0 Å². The Balaban J connectivity index is 2.11. The molecule has 4 nitrogen and oxygen atoms in total. The first-order valence-corrected chi connectivity index (χ1v) is 6.96. The second-order valence-corrected chi connectivity index (χ2v) is 5.27. The van der Waals surface area contributed by atoms with Gasteiger partial charge in [0.1, 0.15) is 11.6 Å². The van der Waals surface area contributed by atoms with E-state index >= 15 is 0 Å². The Labute approximate surface area is 121 Å². The first kappa shape index (κ1) is 14.0. The monoisotopic (exact) mass is 320 g/mol. The van der Waals surface area contributed by atoms with Crippen LogP contribution < -0.4 is 10.6 Å². The Morgan fingerprint density at radius 2 is 2.16 bits per heavy atom. The van der Waals surface area contributed by atoms with Crippen molar-refractivity contribution in [3.8, 4) is 0 Å². The van der Waals surface area contributed by atoms with Gasteiger partial charge in [-0.3, -0.25) is 0 Å². The second-order valence-electron chi connectivity index (χ2n) is 4.36. The lowest BCUT2D eigenvalue weighted by Gasteiger charge is -2.18. The minimum Gasteiger partial charge on any atom is -0.355 e. The first-order valence-electron chi connectivity index (χ1n) is 6.16. The van der Waals surface area contributed by atoms with E-state index in [1.54, 1.807) is 6.20 Å². The maximum Gasteiger partial charge on any atom is 0.132 e. The van der Waals surface area contributed by atoms with Gasteiger partial charge in [-0.1, -0.05) is 28.1 Å². The third kappa shape index (κ3) is 4.01. The minimum atomic E-state index is 0.568. The molecule has 0 saturated carbocycles. The molecule has 0 saturated heterocycles. The topological polar surface area (TPSA) is 55.0 Å². The fourth-order valence-corrected chi connectivity index (χ4v) is 2.29. The van der Waals surface area contributed by atoms with Crippen molar-refractivity contribution in [3.63, 3.8) is 0 Å². The van der Waals surface area contributed by atoms with Crippen LogP contribution in [0.5, 0.6) is 0 Å². The van der Waals surface area contributed by atoms with E-state index in [2.05, 4.69) is 42.9 Å². The van der Waals surface area contributed by atoms with Crippen LogP contribution in [-0.4, -0.2) is 23.6 Å². The van der Waals surface area contributed by atoms with Gasteiger partial charge in [0.2, 0.25) is 0 Å². The quantitative estimate of drug-likeness (QED) is 0.919. The predicted molar refractivity (Wildman–Crippen MR) is 81.0 cm³/mol. The van der Waals surface area contributed by atoms with Crippen LogP contribution in [-0.2, 0) is 13.0 Å². The summed E-state index contributed by atoms with van der Waals surface area (Å²) in [5, 5.41) is 0. The van der Waals surface area contributed by atoms with E-state index in [1.807, 2.05) is 25.2 Å². The zero-order valence-electron chi connectivity index (χ0n) is 10.9. The van der Waals surface area contributed by atoms with Crippen LogP contribution in [0, 0.1) is 0 Å². The summed E-state index contributed by atoms with van der Waals surface area (Å²) >= 11 is 3.48. The fraction of sp³-hybridized carbons (Fsp3) is 0.286. The summed E-state index contributed by atoms with van der Waals surface area (Å²) in [5.74, 6) is 1.71. The number of hydrogen-bond donors (Lipinski definition) is 1. The van der Waals surface area contributed by atoms with Crippen molar-refractivity contribution in [1.82, 2.24) is 9.97 Å². The average molecular weight is 321 g/mol. The molecule has 5 heteroatoms. The molecule has 0 aliphatic carbocycles. The van der Waals surface area contributed by atoms with Crippen LogP contribution in [0.1, 0.15) is 11.4 Å². The van der Waals surface area contributed by atoms with Gasteiger partial charge in [-0.2, -0.15) is 0 Å². The molecule has 19 heavy (non-hydrogen) atoms. The van der Waals surface area contributed by atoms with E-state index in [-0.39, 0.29) is 0 Å². The summed E-state index contributed by atoms with van der Waals surface area (Å²) in [7, 11) is 2.02. The molecule has 0 aliphatic heterocycles. The smallest absolute Gasteiger partial charge is 0.132 e. The highest BCUT2D eigenvalue weighted by Crippen LogP contribution is 2.16. The molecule has 0 bridgehead atoms. The standard InChI is InChI=1S/C14H17BrN4/c1-19(10-11-3-2-4-12(15)9-11)14-6-8-17-13(18-14)5-7-16/h2-4,6,8-9H,5,7,10,16H2,1H3. The lowest BCUT2D eigenvalue weighted by atomic mass is 10.2. The number of halogens is 1. The van der Waals surface area contributed by atoms with Crippen molar-refractivity contribution in [1.29, 1.82) is 0 Å². The molecule has 0 fully saturated rings. The van der Waals surface area contributed by atoms with Crippen LogP contribution in [0.25, 0.3) is 0 Å². The van der Waals surface area contributed by atoms with E-state index in [4.69, 9.17) is 5.73 Å². The lowest BCUT2D eigenvalue weighted by Crippen LogP contribution is -2.19. The van der Waals surface area contributed by atoms with Crippen LogP contribution >= 0.6 is 15.9 Å². The van der Waals surface area contributed by atoms with Crippen molar-refractivity contribution in [3.05, 3.63) is 52.4 Å². The summed E-state index contributed by atoms with van der Waals surface area (Å²) in [5.41, 5.74) is 6.76. The largest absolute Gasteiger partial charge is 0.355 e. The van der Waals surface area contributed by atoms with Gasteiger partial charge >= 0.3 is 0 Å². The number of benzene rings is 1. The van der Waals surface area contributed by atoms with Crippen LogP contribution in [0.2, 0.25) is 0 Å². The number of rotatable bonds is 5. The molecule has 2 rings (SSSR count). The summed E-state index contributed by atoms with van der Waals surface area (Å²) in [6.07, 6.45) is 2.49. The second kappa shape index (κ2) is 6.63. The molecule has 0 aliphatic rings. The highest BCUT2D eigenvalue weighted by atomic mass is 79.9. The van der Waals surface area contributed by atoms with Crippen LogP contribution in [0.4, 0.5) is 5.82 Å². The molecule has 1 aromatic heterocycles. The molecule has 2 aromatic rings. The summed E-state index contributed by atoms with van der Waals surface area (Å²) in [4.78, 5) is 10.8. The normalized spacial score (nSPS) is 10.5. The van der Waals surface area contributed by atoms with Crippen molar-refractivity contribution < 1.29 is 0 Å². The Morgan fingerprint density at radius 1 is 1.32 bits per heavy atom. The third-order valence-corrected chi connectivity index (χ3v) is 3.25. The molecular weight excluding hydrogens is 304 g/mol. The Morgan fingerprint density at radius 3 is 2.89 bits per heavy atom. The number of anilines is 1. The van der Waals surface area contributed by atoms with E-state index < -0.39 is 0 Å². The van der Waals surface area contributed by atoms with E-state index in [1.165, 1.54) is 5.56 Å². The molecular formula is C14H17BrN4. The summed E-state index contributed by atoms with van der Waals surface area (Å²) in [6.45, 7) is 1.37. The van der Waals surface area contributed by atoms with E-state index in [9.17, 15) is 0 Å². The van der Waals surface area contributed by atoms with Gasteiger partial charge < -0.3 is 10.6 Å². The van der Waals surface area contributed by atoms with E-state index in [0.29, 0.717) is 13.0 Å². The molecule has 0 radical (unpaired) electrons. The van der Waals surface area contributed by atoms with Gasteiger partial charge in [-0.25, -0.2) is 9.97 Å². The Kier molecular flexibility index (Phi) is 4.87. The fourth-order valence-electron chi connectivity index (χ4n) is 1.84. The SMILES string of the molecule is CN(Cc1cccc(Br)c1)c1ccnc(CCN)n1. The van der Waals surface area contributed by atoms with E-state index in [0.717, 1.165) is 22.7 Å². The van der Waals surface area contributed by atoms with Gasteiger partial charge in [-0.05, 0) is 30.3 Å². The number of hydrogen-bond acceptors (Lipinski definition) is 4. The van der Waals surface area contributed by atoms with Crippen molar-refractivity contribution in [2.24, 2.45) is 5.73 Å². The zero-order chi connectivity index (χ0) is 13.7. The molecule has 0 atom stereocenters. The van der Waals surface area contributed by atoms with Crippen LogP contribution in [0.3, 0.4) is 0 Å². The zero-order valence-corrected chi connectivity index (χ0v) is 12.5. The lowest BCUT2D eigenvalue weighted by molar-refractivity contribution is 0.832. The maximum absolute atomic E-state index is 5.53. The van der Waals surface area contributed by atoms with Gasteiger partial charge in [0.05, 0.1) is 0 Å². The molecule has 1 heterocycles. The van der Waals surface area contributed by atoms with Crippen molar-refractivity contribution in [2.45, 2.75) is 13.0 Å².